The molecule has 3 rings (SSSR count). The third kappa shape index (κ3) is 3.18. The summed E-state index contributed by atoms with van der Waals surface area (Å²) in [5.41, 5.74) is 0.656. The number of hydrogen-bond donors (Lipinski definition) is 3. The first-order valence-electron chi connectivity index (χ1n) is 7.57. The minimum Gasteiger partial charge on any atom is -0.508 e. The van der Waals surface area contributed by atoms with Crippen LogP contribution in [0.3, 0.4) is 0 Å². The molecule has 0 aliphatic carbocycles. The van der Waals surface area contributed by atoms with Crippen LogP contribution in [-0.2, 0) is 0 Å². The van der Waals surface area contributed by atoms with Crippen LogP contribution in [0.15, 0.2) is 36.4 Å². The molecule has 21 heavy (non-hydrogen) atoms. The smallest absolute Gasteiger partial charge is 0.122 e. The van der Waals surface area contributed by atoms with Gasteiger partial charge in [-0.15, -0.1) is 0 Å². The molecule has 4 heteroatoms. The zero-order valence-electron chi connectivity index (χ0n) is 12.1. The highest BCUT2D eigenvalue weighted by molar-refractivity contribution is 5.88. The van der Waals surface area contributed by atoms with E-state index in [-0.39, 0.29) is 5.75 Å². The van der Waals surface area contributed by atoms with Crippen LogP contribution in [0.25, 0.3) is 10.8 Å². The largest absolute Gasteiger partial charge is 0.508 e. The maximum Gasteiger partial charge on any atom is 0.122 e. The Morgan fingerprint density at radius 3 is 2.67 bits per heavy atom. The molecule has 3 N–H and O–H groups in total. The molecule has 1 heterocycles. The molecule has 1 aliphatic rings. The molecule has 0 amide bonds. The average Bonchev–Trinajstić information content (AvgIpc) is 2.53. The van der Waals surface area contributed by atoms with E-state index < -0.39 is 6.10 Å². The van der Waals surface area contributed by atoms with E-state index in [4.69, 9.17) is 0 Å². The van der Waals surface area contributed by atoms with Crippen molar-refractivity contribution in [2.45, 2.75) is 12.5 Å². The number of phenols is 1. The molecule has 0 saturated carbocycles. The van der Waals surface area contributed by atoms with Crippen molar-refractivity contribution in [1.82, 2.24) is 10.2 Å². The molecule has 1 atom stereocenters. The Balaban J connectivity index is 1.77. The highest BCUT2D eigenvalue weighted by atomic mass is 16.3. The molecule has 1 unspecified atom stereocenters. The van der Waals surface area contributed by atoms with Crippen LogP contribution >= 0.6 is 0 Å². The summed E-state index contributed by atoms with van der Waals surface area (Å²) in [5.74, 6) is 0.182. The summed E-state index contributed by atoms with van der Waals surface area (Å²) in [7, 11) is 0. The van der Waals surface area contributed by atoms with Crippen molar-refractivity contribution in [2.24, 2.45) is 0 Å². The van der Waals surface area contributed by atoms with Crippen LogP contribution < -0.4 is 5.32 Å². The predicted octanol–water partition coefficient (Wildman–Crippen LogP) is 1.87. The fraction of sp³-hybridized carbons (Fsp3) is 0.412. The van der Waals surface area contributed by atoms with Gasteiger partial charge >= 0.3 is 0 Å². The number of phenolic OH excluding ortho intramolecular Hbond substituents is 1. The molecule has 112 valence electrons. The molecule has 1 fully saturated rings. The lowest BCUT2D eigenvalue weighted by Gasteiger charge is -2.28. The number of benzene rings is 2. The Morgan fingerprint density at radius 1 is 1.10 bits per heavy atom. The van der Waals surface area contributed by atoms with Crippen molar-refractivity contribution in [3.63, 3.8) is 0 Å². The Kier molecular flexibility index (Phi) is 4.39. The number of aliphatic hydroxyl groups excluding tert-OH is 1. The van der Waals surface area contributed by atoms with Gasteiger partial charge in [-0.2, -0.15) is 0 Å². The number of aromatic hydroxyl groups is 1. The normalized spacial score (nSPS) is 18.0. The zero-order valence-corrected chi connectivity index (χ0v) is 12.1. The summed E-state index contributed by atoms with van der Waals surface area (Å²) in [6.07, 6.45) is 0.00710. The number of piperazine rings is 1. The second kappa shape index (κ2) is 6.43. The van der Waals surface area contributed by atoms with Crippen molar-refractivity contribution >= 4 is 10.8 Å². The summed E-state index contributed by atoms with van der Waals surface area (Å²) in [6.45, 7) is 4.92. The van der Waals surface area contributed by atoms with Crippen molar-refractivity contribution in [3.8, 4) is 5.75 Å². The van der Waals surface area contributed by atoms with E-state index in [2.05, 4.69) is 10.2 Å². The van der Waals surface area contributed by atoms with E-state index in [1.54, 1.807) is 6.07 Å². The van der Waals surface area contributed by atoms with Crippen molar-refractivity contribution in [1.29, 1.82) is 0 Å². The molecule has 1 saturated heterocycles. The molecule has 4 nitrogen and oxygen atoms in total. The second-order valence-corrected chi connectivity index (χ2v) is 5.62. The topological polar surface area (TPSA) is 55.7 Å². The molecule has 2 aromatic carbocycles. The first-order valence-corrected chi connectivity index (χ1v) is 7.57. The lowest BCUT2D eigenvalue weighted by Crippen LogP contribution is -2.44. The molecule has 0 bridgehead atoms. The van der Waals surface area contributed by atoms with Crippen molar-refractivity contribution < 1.29 is 10.2 Å². The number of hydrogen-bond acceptors (Lipinski definition) is 4. The van der Waals surface area contributed by atoms with Gasteiger partial charge < -0.3 is 20.4 Å². The first-order chi connectivity index (χ1) is 10.3. The number of rotatable bonds is 4. The van der Waals surface area contributed by atoms with Crippen molar-refractivity contribution in [3.05, 3.63) is 42.0 Å². The SMILES string of the molecule is Oc1ccc2ccccc2c1C(O)CCN1CCNCC1. The van der Waals surface area contributed by atoms with Crippen LogP contribution in [0.4, 0.5) is 0 Å². The van der Waals surface area contributed by atoms with Gasteiger partial charge in [0.2, 0.25) is 0 Å². The fourth-order valence-electron chi connectivity index (χ4n) is 3.02. The summed E-state index contributed by atoms with van der Waals surface area (Å²) in [5, 5.41) is 26.0. The van der Waals surface area contributed by atoms with Gasteiger partial charge in [0.25, 0.3) is 0 Å². The molecular formula is C17H22N2O2. The van der Waals surface area contributed by atoms with Crippen LogP contribution in [0, 0.1) is 0 Å². The van der Waals surface area contributed by atoms with Crippen molar-refractivity contribution in [2.75, 3.05) is 32.7 Å². The maximum atomic E-state index is 10.5. The molecular weight excluding hydrogens is 264 g/mol. The highest BCUT2D eigenvalue weighted by Gasteiger charge is 2.18. The van der Waals surface area contributed by atoms with E-state index in [9.17, 15) is 10.2 Å². The van der Waals surface area contributed by atoms with Crippen LogP contribution in [0.5, 0.6) is 5.75 Å². The van der Waals surface area contributed by atoms with Crippen LogP contribution in [-0.4, -0.2) is 47.8 Å². The van der Waals surface area contributed by atoms with Gasteiger partial charge in [-0.1, -0.05) is 30.3 Å². The summed E-state index contributed by atoms with van der Waals surface area (Å²) < 4.78 is 0. The Labute approximate surface area is 125 Å². The summed E-state index contributed by atoms with van der Waals surface area (Å²) in [4.78, 5) is 2.35. The minimum atomic E-state index is -0.633. The van der Waals surface area contributed by atoms with Gasteiger partial charge in [0.05, 0.1) is 6.10 Å². The summed E-state index contributed by atoms with van der Waals surface area (Å²) in [6, 6.07) is 11.4. The Hall–Kier alpha value is -1.62. The lowest BCUT2D eigenvalue weighted by atomic mass is 9.97. The predicted molar refractivity (Wildman–Crippen MR) is 84.5 cm³/mol. The molecule has 0 aromatic heterocycles. The fourth-order valence-corrected chi connectivity index (χ4v) is 3.02. The van der Waals surface area contributed by atoms with E-state index >= 15 is 0 Å². The van der Waals surface area contributed by atoms with E-state index in [0.717, 1.165) is 43.5 Å². The standard InChI is InChI=1S/C17H22N2O2/c20-15-6-5-13-3-1-2-4-14(13)17(15)16(21)7-10-19-11-8-18-9-12-19/h1-6,16,18,20-21H,7-12H2. The highest BCUT2D eigenvalue weighted by Crippen LogP contribution is 2.33. The van der Waals surface area contributed by atoms with E-state index in [1.165, 1.54) is 0 Å². The number of nitrogens with zero attached hydrogens (tertiary/aromatic N) is 1. The van der Waals surface area contributed by atoms with E-state index in [0.29, 0.717) is 12.0 Å². The van der Waals surface area contributed by atoms with Gasteiger partial charge in [-0.05, 0) is 23.3 Å². The lowest BCUT2D eigenvalue weighted by molar-refractivity contribution is 0.135. The van der Waals surface area contributed by atoms with Gasteiger partial charge in [-0.25, -0.2) is 0 Å². The van der Waals surface area contributed by atoms with E-state index in [1.807, 2.05) is 30.3 Å². The molecule has 2 aromatic rings. The number of fused-ring (bicyclic) bond motifs is 1. The average molecular weight is 286 g/mol. The van der Waals surface area contributed by atoms with Gasteiger partial charge in [0.1, 0.15) is 5.75 Å². The maximum absolute atomic E-state index is 10.5. The number of aliphatic hydroxyl groups is 1. The van der Waals surface area contributed by atoms with Gasteiger partial charge in [0, 0.05) is 38.3 Å². The van der Waals surface area contributed by atoms with Crippen LogP contribution in [0.1, 0.15) is 18.1 Å². The summed E-state index contributed by atoms with van der Waals surface area (Å²) >= 11 is 0. The quantitative estimate of drug-likeness (QED) is 0.803. The second-order valence-electron chi connectivity index (χ2n) is 5.62. The van der Waals surface area contributed by atoms with Gasteiger partial charge in [0.15, 0.2) is 0 Å². The zero-order chi connectivity index (χ0) is 14.7. The molecule has 0 radical (unpaired) electrons. The third-order valence-electron chi connectivity index (χ3n) is 4.21. The third-order valence-corrected chi connectivity index (χ3v) is 4.21. The Bertz CT molecular complexity index is 609. The monoisotopic (exact) mass is 286 g/mol. The van der Waals surface area contributed by atoms with Crippen LogP contribution in [0.2, 0.25) is 0 Å². The number of nitrogens with one attached hydrogen (secondary N) is 1. The molecule has 1 aliphatic heterocycles. The minimum absolute atomic E-state index is 0.182. The Morgan fingerprint density at radius 2 is 1.86 bits per heavy atom. The molecule has 0 spiro atoms. The first kappa shape index (κ1) is 14.3. The van der Waals surface area contributed by atoms with Gasteiger partial charge in [-0.3, -0.25) is 0 Å².